The van der Waals surface area contributed by atoms with Gasteiger partial charge in [-0.1, -0.05) is 25.1 Å². The van der Waals surface area contributed by atoms with Crippen molar-refractivity contribution in [2.75, 3.05) is 19.6 Å². The first-order valence-corrected chi connectivity index (χ1v) is 12.6. The van der Waals surface area contributed by atoms with E-state index in [0.717, 1.165) is 62.1 Å². The molecule has 2 aromatic carbocycles. The maximum absolute atomic E-state index is 15.6. The average Bonchev–Trinajstić information content (AvgIpc) is 3.61. The van der Waals surface area contributed by atoms with Crippen molar-refractivity contribution in [3.05, 3.63) is 59.7 Å². The molecule has 36 heavy (non-hydrogen) atoms. The fourth-order valence-corrected chi connectivity index (χ4v) is 5.36. The lowest BCUT2D eigenvalue weighted by Crippen LogP contribution is -2.40. The summed E-state index contributed by atoms with van der Waals surface area (Å²) in [6, 6.07) is 8.62. The van der Waals surface area contributed by atoms with Crippen LogP contribution >= 0.6 is 0 Å². The summed E-state index contributed by atoms with van der Waals surface area (Å²) in [5, 5.41) is 28.1. The maximum atomic E-state index is 15.6. The third-order valence-electron chi connectivity index (χ3n) is 7.75. The molecule has 1 aliphatic heterocycles. The fraction of sp³-hybridized carbons (Fsp3) is 0.357. The van der Waals surface area contributed by atoms with Gasteiger partial charge in [-0.25, -0.2) is 9.37 Å². The van der Waals surface area contributed by atoms with Gasteiger partial charge in [0.05, 0.1) is 17.5 Å². The predicted octanol–water partition coefficient (Wildman–Crippen LogP) is 5.03. The molecule has 186 valence electrons. The molecule has 0 saturated heterocycles. The lowest BCUT2D eigenvalue weighted by atomic mass is 9.78. The number of halogens is 1. The Bertz CT molecular complexity index is 1470. The van der Waals surface area contributed by atoms with Crippen LogP contribution in [0.4, 0.5) is 4.39 Å². The van der Waals surface area contributed by atoms with Gasteiger partial charge in [0.2, 0.25) is 0 Å². The molecule has 0 spiro atoms. The van der Waals surface area contributed by atoms with E-state index >= 15 is 4.39 Å². The van der Waals surface area contributed by atoms with Crippen LogP contribution < -0.4 is 0 Å². The van der Waals surface area contributed by atoms with Crippen LogP contribution in [-0.2, 0) is 6.42 Å². The number of aromatic nitrogens is 4. The zero-order valence-corrected chi connectivity index (χ0v) is 20.3. The highest BCUT2D eigenvalue weighted by Gasteiger charge is 2.34. The molecule has 6 rings (SSSR count). The monoisotopic (exact) mass is 487 g/mol. The minimum absolute atomic E-state index is 0.170. The van der Waals surface area contributed by atoms with Gasteiger partial charge >= 0.3 is 0 Å². The van der Waals surface area contributed by atoms with Crippen molar-refractivity contribution < 1.29 is 14.6 Å². The number of phenols is 1. The summed E-state index contributed by atoms with van der Waals surface area (Å²) in [6.07, 6.45) is 8.46. The van der Waals surface area contributed by atoms with Crippen molar-refractivity contribution in [3.63, 3.8) is 0 Å². The number of nitrogens with one attached hydrogen (secondary N) is 2. The van der Waals surface area contributed by atoms with Gasteiger partial charge in [0.1, 0.15) is 17.0 Å². The molecule has 1 saturated carbocycles. The van der Waals surface area contributed by atoms with Crippen LogP contribution in [0.2, 0.25) is 0 Å². The minimum atomic E-state index is -0.457. The van der Waals surface area contributed by atoms with Crippen LogP contribution in [0.15, 0.2) is 42.6 Å². The number of aliphatic hydroxyl groups is 1. The Morgan fingerprint density at radius 1 is 1.17 bits per heavy atom. The first kappa shape index (κ1) is 22.9. The first-order valence-electron chi connectivity index (χ1n) is 12.6. The van der Waals surface area contributed by atoms with Gasteiger partial charge in [-0.3, -0.25) is 10.00 Å². The maximum Gasteiger partial charge on any atom is 0.159 e. The number of hydrogen-bond acceptors (Lipinski definition) is 5. The molecule has 2 aromatic heterocycles. The highest BCUT2D eigenvalue weighted by atomic mass is 19.1. The highest BCUT2D eigenvalue weighted by molar-refractivity contribution is 5.95. The van der Waals surface area contributed by atoms with Gasteiger partial charge in [0.15, 0.2) is 11.6 Å². The van der Waals surface area contributed by atoms with E-state index in [4.69, 9.17) is 0 Å². The summed E-state index contributed by atoms with van der Waals surface area (Å²) < 4.78 is 15.6. The van der Waals surface area contributed by atoms with Crippen LogP contribution in [0.5, 0.6) is 5.75 Å². The molecule has 0 amide bonds. The van der Waals surface area contributed by atoms with Crippen molar-refractivity contribution in [3.8, 4) is 28.4 Å². The number of H-pyrrole nitrogens is 2. The molecule has 2 aliphatic rings. The summed E-state index contributed by atoms with van der Waals surface area (Å²) in [6.45, 7) is 4.53. The van der Waals surface area contributed by atoms with E-state index < -0.39 is 11.4 Å². The van der Waals surface area contributed by atoms with Crippen LogP contribution in [0.3, 0.4) is 0 Å². The Morgan fingerprint density at radius 3 is 2.78 bits per heavy atom. The van der Waals surface area contributed by atoms with Gasteiger partial charge in [-0.2, -0.15) is 5.10 Å². The number of aromatic amines is 2. The minimum Gasteiger partial charge on any atom is -0.508 e. The molecule has 4 N–H and O–H groups in total. The first-order chi connectivity index (χ1) is 17.4. The largest absolute Gasteiger partial charge is 0.508 e. The van der Waals surface area contributed by atoms with Crippen LogP contribution in [-0.4, -0.2) is 60.5 Å². The number of benzene rings is 2. The lowest BCUT2D eigenvalue weighted by molar-refractivity contribution is -0.0449. The number of fused-ring (bicyclic) bond motifs is 1. The molecular formula is C28H30FN5O2. The normalized spacial score (nSPS) is 17.5. The van der Waals surface area contributed by atoms with Crippen molar-refractivity contribution >= 4 is 16.5 Å². The van der Waals surface area contributed by atoms with Crippen LogP contribution in [0.25, 0.3) is 39.1 Å². The van der Waals surface area contributed by atoms with Crippen molar-refractivity contribution in [2.24, 2.45) is 0 Å². The number of aromatic hydroxyl groups is 1. The predicted molar refractivity (Wildman–Crippen MR) is 138 cm³/mol. The number of aryl methyl sites for hydroxylation is 1. The summed E-state index contributed by atoms with van der Waals surface area (Å²) in [5.74, 6) is 0.384. The van der Waals surface area contributed by atoms with Crippen molar-refractivity contribution in [2.45, 2.75) is 44.6 Å². The molecule has 0 unspecified atom stereocenters. The molecular weight excluding hydrogens is 457 g/mol. The second-order valence-corrected chi connectivity index (χ2v) is 10.1. The molecule has 7 nitrogen and oxygen atoms in total. The molecule has 0 atom stereocenters. The van der Waals surface area contributed by atoms with Gasteiger partial charge in [0, 0.05) is 30.6 Å². The Hall–Kier alpha value is -3.49. The van der Waals surface area contributed by atoms with Crippen LogP contribution in [0, 0.1) is 5.82 Å². The number of phenolic OH excluding ortho intramolecular Hbond substituents is 1. The van der Waals surface area contributed by atoms with E-state index in [1.165, 1.54) is 5.57 Å². The van der Waals surface area contributed by atoms with Crippen molar-refractivity contribution in [1.29, 1.82) is 0 Å². The molecule has 4 aromatic rings. The number of imidazole rings is 1. The number of rotatable bonds is 7. The third kappa shape index (κ3) is 4.00. The summed E-state index contributed by atoms with van der Waals surface area (Å²) >= 11 is 0. The number of hydrogen-bond donors (Lipinski definition) is 4. The topological polar surface area (TPSA) is 101 Å². The van der Waals surface area contributed by atoms with E-state index in [1.807, 2.05) is 19.2 Å². The Morgan fingerprint density at radius 2 is 2.00 bits per heavy atom. The SMILES string of the molecule is CCc1cc(O)ccc1-c1ccc2c(-c3ncc(C4=CCN(CCC5(O)CCC5)C4)[nH]3)[nH]nc2c1F. The Balaban J connectivity index is 1.23. The molecule has 1 fully saturated rings. The molecule has 8 heteroatoms. The van der Waals surface area contributed by atoms with E-state index in [1.54, 1.807) is 24.3 Å². The molecule has 1 aliphatic carbocycles. The second kappa shape index (κ2) is 8.87. The third-order valence-corrected chi connectivity index (χ3v) is 7.75. The zero-order valence-electron chi connectivity index (χ0n) is 20.3. The van der Waals surface area contributed by atoms with Gasteiger partial charge in [0.25, 0.3) is 0 Å². The summed E-state index contributed by atoms with van der Waals surface area (Å²) in [5.41, 5.74) is 4.64. The average molecular weight is 488 g/mol. The fourth-order valence-electron chi connectivity index (χ4n) is 5.36. The smallest absolute Gasteiger partial charge is 0.159 e. The Kier molecular flexibility index (Phi) is 5.65. The zero-order chi connectivity index (χ0) is 24.9. The molecule has 3 heterocycles. The van der Waals surface area contributed by atoms with Crippen LogP contribution in [0.1, 0.15) is 43.9 Å². The quantitative estimate of drug-likeness (QED) is 0.293. The van der Waals surface area contributed by atoms with Gasteiger partial charge in [-0.05, 0) is 67.0 Å². The van der Waals surface area contributed by atoms with E-state index in [0.29, 0.717) is 28.9 Å². The number of nitrogens with zero attached hydrogens (tertiary/aromatic N) is 3. The van der Waals surface area contributed by atoms with Gasteiger partial charge < -0.3 is 15.2 Å². The second-order valence-electron chi connectivity index (χ2n) is 10.1. The summed E-state index contributed by atoms with van der Waals surface area (Å²) in [4.78, 5) is 10.3. The van der Waals surface area contributed by atoms with E-state index in [-0.39, 0.29) is 11.3 Å². The molecule has 0 radical (unpaired) electrons. The standard InChI is InChI=1S/C28H30FN5O2/c1-2-17-14-19(35)4-5-20(17)21-6-7-22-25(24(21)29)32-33-26(22)27-30-15-23(31-27)18-8-12-34(16-18)13-11-28(36)9-3-10-28/h4-8,14-15,35-36H,2-3,9-13,16H2,1H3,(H,30,31)(H,32,33). The van der Waals surface area contributed by atoms with Crippen molar-refractivity contribution in [1.82, 2.24) is 25.1 Å². The molecule has 0 bridgehead atoms. The van der Waals surface area contributed by atoms with E-state index in [2.05, 4.69) is 31.1 Å². The lowest BCUT2D eigenvalue weighted by Gasteiger charge is -2.37. The Labute approximate surface area is 208 Å². The summed E-state index contributed by atoms with van der Waals surface area (Å²) in [7, 11) is 0. The van der Waals surface area contributed by atoms with E-state index in [9.17, 15) is 10.2 Å². The highest BCUT2D eigenvalue weighted by Crippen LogP contribution is 2.36. The van der Waals surface area contributed by atoms with Gasteiger partial charge in [-0.15, -0.1) is 0 Å².